The van der Waals surface area contributed by atoms with E-state index in [1.165, 1.54) is 17.2 Å². The van der Waals surface area contributed by atoms with E-state index in [2.05, 4.69) is 35.5 Å². The van der Waals surface area contributed by atoms with Gasteiger partial charge in [0.2, 0.25) is 5.91 Å². The predicted octanol–water partition coefficient (Wildman–Crippen LogP) is 2.90. The van der Waals surface area contributed by atoms with Crippen LogP contribution in [0.25, 0.3) is 6.08 Å². The molecular weight excluding hydrogens is 392 g/mol. The average Bonchev–Trinajstić information content (AvgIpc) is 3.40. The number of aliphatic hydroxyl groups is 1. The number of nitrogens with zero attached hydrogens (tertiary/aromatic N) is 1. The van der Waals surface area contributed by atoms with Gasteiger partial charge in [0.15, 0.2) is 0 Å². The Morgan fingerprint density at radius 1 is 1.32 bits per heavy atom. The summed E-state index contributed by atoms with van der Waals surface area (Å²) >= 11 is 0. The van der Waals surface area contributed by atoms with Crippen molar-refractivity contribution in [2.24, 2.45) is 0 Å². The molecule has 6 rings (SSSR count). The molecular formula is C25H30N2O4. The molecule has 0 unspecified atom stereocenters. The maximum Gasteiger partial charge on any atom is 0.243 e. The first-order chi connectivity index (χ1) is 15.0. The number of hydrogen-bond donors (Lipinski definition) is 2. The van der Waals surface area contributed by atoms with Crippen molar-refractivity contribution in [1.82, 2.24) is 10.2 Å². The van der Waals surface area contributed by atoms with E-state index in [4.69, 9.17) is 9.15 Å². The Kier molecular flexibility index (Phi) is 4.94. The van der Waals surface area contributed by atoms with Crippen LogP contribution in [0.4, 0.5) is 0 Å². The largest absolute Gasteiger partial charge is 0.489 e. The molecule has 31 heavy (non-hydrogen) atoms. The van der Waals surface area contributed by atoms with Crippen LogP contribution in [0.5, 0.6) is 5.75 Å². The van der Waals surface area contributed by atoms with Crippen molar-refractivity contribution in [3.63, 3.8) is 0 Å². The van der Waals surface area contributed by atoms with Gasteiger partial charge in [-0.25, -0.2) is 0 Å². The summed E-state index contributed by atoms with van der Waals surface area (Å²) < 4.78 is 11.1. The molecule has 2 N–H and O–H groups in total. The van der Waals surface area contributed by atoms with Crippen molar-refractivity contribution >= 4 is 12.0 Å². The number of carbonyl (C=O) groups excluding carboxylic acids is 1. The molecule has 6 heteroatoms. The Hall–Kier alpha value is -2.57. The first-order valence-corrected chi connectivity index (χ1v) is 11.1. The number of rotatable bonds is 2. The Morgan fingerprint density at radius 3 is 2.97 bits per heavy atom. The topological polar surface area (TPSA) is 74.9 Å². The Morgan fingerprint density at radius 2 is 2.19 bits per heavy atom. The summed E-state index contributed by atoms with van der Waals surface area (Å²) in [5.74, 6) is 0.932. The number of nitrogens with one attached hydrogen (secondary N) is 1. The van der Waals surface area contributed by atoms with Gasteiger partial charge in [0.25, 0.3) is 0 Å². The number of benzene rings is 1. The molecule has 1 amide bonds. The van der Waals surface area contributed by atoms with Gasteiger partial charge in [-0.15, -0.1) is 0 Å². The maximum atomic E-state index is 11.7. The van der Waals surface area contributed by atoms with E-state index in [1.807, 2.05) is 0 Å². The normalized spacial score (nSPS) is 32.6. The van der Waals surface area contributed by atoms with Crippen molar-refractivity contribution in [3.05, 3.63) is 59.6 Å². The maximum absolute atomic E-state index is 11.7. The molecule has 1 aromatic carbocycles. The smallest absolute Gasteiger partial charge is 0.243 e. The molecule has 2 aliphatic heterocycles. The van der Waals surface area contributed by atoms with Crippen LogP contribution in [0.2, 0.25) is 0 Å². The van der Waals surface area contributed by atoms with E-state index in [1.54, 1.807) is 31.7 Å². The van der Waals surface area contributed by atoms with E-state index in [0.717, 1.165) is 50.0 Å². The minimum atomic E-state index is -0.595. The zero-order chi connectivity index (χ0) is 21.6. The van der Waals surface area contributed by atoms with E-state index < -0.39 is 5.60 Å². The second kappa shape index (κ2) is 7.53. The van der Waals surface area contributed by atoms with Crippen molar-refractivity contribution < 1.29 is 19.1 Å². The lowest BCUT2D eigenvalue weighted by Crippen LogP contribution is -2.74. The van der Waals surface area contributed by atoms with Crippen LogP contribution in [-0.4, -0.2) is 54.3 Å². The molecule has 2 fully saturated rings. The number of ether oxygens (including phenoxy) is 1. The van der Waals surface area contributed by atoms with Crippen LogP contribution in [0.15, 0.2) is 47.3 Å². The third kappa shape index (κ3) is 2.96. The summed E-state index contributed by atoms with van der Waals surface area (Å²) in [7, 11) is 3.76. The van der Waals surface area contributed by atoms with Crippen LogP contribution in [0.1, 0.15) is 42.4 Å². The minimum Gasteiger partial charge on any atom is -0.489 e. The Balaban J connectivity index is 0.000000159. The monoisotopic (exact) mass is 422 g/mol. The summed E-state index contributed by atoms with van der Waals surface area (Å²) in [5, 5.41) is 14.1. The molecule has 6 nitrogen and oxygen atoms in total. The van der Waals surface area contributed by atoms with Gasteiger partial charge in [-0.3, -0.25) is 4.79 Å². The lowest BCUT2D eigenvalue weighted by molar-refractivity contribution is -0.180. The summed E-state index contributed by atoms with van der Waals surface area (Å²) in [6, 6.07) is 8.49. The lowest BCUT2D eigenvalue weighted by Gasteiger charge is -2.62. The molecule has 2 bridgehead atoms. The third-order valence-electron chi connectivity index (χ3n) is 7.75. The van der Waals surface area contributed by atoms with E-state index >= 15 is 0 Å². The number of carbonyl (C=O) groups is 1. The molecule has 2 aromatic rings. The quantitative estimate of drug-likeness (QED) is 0.728. The van der Waals surface area contributed by atoms with Crippen LogP contribution in [0, 0.1) is 0 Å². The van der Waals surface area contributed by atoms with Gasteiger partial charge < -0.3 is 24.5 Å². The number of likely N-dealkylation sites (N-methyl/N-ethyl adjacent to an activating group) is 2. The van der Waals surface area contributed by atoms with Gasteiger partial charge in [0, 0.05) is 30.3 Å². The predicted molar refractivity (Wildman–Crippen MR) is 118 cm³/mol. The first-order valence-electron chi connectivity index (χ1n) is 11.1. The minimum absolute atomic E-state index is 0.119. The molecule has 164 valence electrons. The second-order valence-electron chi connectivity index (χ2n) is 9.14. The van der Waals surface area contributed by atoms with E-state index in [-0.39, 0.29) is 23.5 Å². The van der Waals surface area contributed by atoms with Gasteiger partial charge in [-0.05, 0) is 69.5 Å². The van der Waals surface area contributed by atoms with Crippen LogP contribution in [-0.2, 0) is 16.6 Å². The molecule has 4 atom stereocenters. The van der Waals surface area contributed by atoms with Crippen LogP contribution in [0.3, 0.4) is 0 Å². The second-order valence-corrected chi connectivity index (χ2v) is 9.14. The molecule has 1 saturated heterocycles. The van der Waals surface area contributed by atoms with Crippen molar-refractivity contribution in [2.75, 3.05) is 20.6 Å². The fourth-order valence-corrected chi connectivity index (χ4v) is 6.34. The summed E-state index contributed by atoms with van der Waals surface area (Å²) in [5.41, 5.74) is 2.92. The molecule has 0 radical (unpaired) electrons. The summed E-state index contributed by atoms with van der Waals surface area (Å²) in [6.45, 7) is 1.07. The van der Waals surface area contributed by atoms with Crippen LogP contribution >= 0.6 is 0 Å². The van der Waals surface area contributed by atoms with E-state index in [9.17, 15) is 9.90 Å². The Bertz CT molecular complexity index is 1000. The molecule has 3 heterocycles. The van der Waals surface area contributed by atoms with Crippen LogP contribution < -0.4 is 10.1 Å². The van der Waals surface area contributed by atoms with Gasteiger partial charge >= 0.3 is 0 Å². The van der Waals surface area contributed by atoms with Crippen molar-refractivity contribution in [1.29, 1.82) is 0 Å². The highest BCUT2D eigenvalue weighted by atomic mass is 16.5. The fourth-order valence-electron chi connectivity index (χ4n) is 6.34. The number of amides is 1. The van der Waals surface area contributed by atoms with Gasteiger partial charge in [0.1, 0.15) is 11.9 Å². The molecule has 1 aromatic heterocycles. The molecule has 1 spiro atoms. The number of likely N-dealkylation sites (tertiary alicyclic amines) is 1. The summed E-state index contributed by atoms with van der Waals surface area (Å²) in [6.07, 6.45) is 11.5. The zero-order valence-corrected chi connectivity index (χ0v) is 18.1. The number of furan rings is 1. The van der Waals surface area contributed by atoms with Gasteiger partial charge in [-0.2, -0.15) is 0 Å². The average molecular weight is 423 g/mol. The highest BCUT2D eigenvalue weighted by Crippen LogP contribution is 2.63. The fraction of sp³-hybridized carbons (Fsp3) is 0.480. The number of piperidine rings is 1. The zero-order valence-electron chi connectivity index (χ0n) is 18.1. The highest BCUT2D eigenvalue weighted by Gasteiger charge is 2.70. The first kappa shape index (κ1) is 20.3. The van der Waals surface area contributed by atoms with Crippen molar-refractivity contribution in [2.45, 2.75) is 55.3 Å². The molecule has 4 aliphatic rings. The lowest BCUT2D eigenvalue weighted by atomic mass is 9.49. The highest BCUT2D eigenvalue weighted by molar-refractivity contribution is 5.91. The number of hydrogen-bond acceptors (Lipinski definition) is 5. The summed E-state index contributed by atoms with van der Waals surface area (Å²) in [4.78, 5) is 13.1. The standard InChI is InChI=1S/C17H21NO2.C8H9NO2/c1-18-9-8-16-14-6-3-7-17(16,19)13(18)10-11-4-2-5-12(20-14)15(11)16;1-9-8(10)3-2-7-4-5-11-6-7/h2,4-5,13-14,19H,3,6-10H2,1H3;2-6H,1H3,(H,9,10)/b;3-2+/t13-,14+,16-,17-;/m1./s1. The van der Waals surface area contributed by atoms with E-state index in [0.29, 0.717) is 0 Å². The third-order valence-corrected chi connectivity index (χ3v) is 7.75. The molecule has 1 saturated carbocycles. The van der Waals surface area contributed by atoms with Gasteiger partial charge in [0.05, 0.1) is 23.5 Å². The van der Waals surface area contributed by atoms with Crippen molar-refractivity contribution in [3.8, 4) is 5.75 Å². The molecule has 2 aliphatic carbocycles. The van der Waals surface area contributed by atoms with Gasteiger partial charge in [-0.1, -0.05) is 12.1 Å². The SMILES string of the molecule is CN1CC[C@]23c4c5cccc4O[C@H]2CCC[C@@]3(O)[C@H]1C5.CNC(=O)/C=C/c1ccoc1. The Labute approximate surface area is 182 Å².